The van der Waals surface area contributed by atoms with Gasteiger partial charge in [0.1, 0.15) is 5.82 Å². The predicted octanol–water partition coefficient (Wildman–Crippen LogP) is 0.181. The third-order valence-electron chi connectivity index (χ3n) is 2.70. The number of nitrogen functional groups attached to an aromatic ring is 1. The van der Waals surface area contributed by atoms with Crippen molar-refractivity contribution in [3.8, 4) is 0 Å². The maximum atomic E-state index is 11.4. The van der Waals surface area contributed by atoms with Crippen molar-refractivity contribution in [2.24, 2.45) is 11.8 Å². The van der Waals surface area contributed by atoms with Crippen molar-refractivity contribution in [3.63, 3.8) is 0 Å². The molecular formula is C12H21N5O. The van der Waals surface area contributed by atoms with Gasteiger partial charge in [-0.05, 0) is 18.7 Å². The molecule has 0 aromatic carbocycles. The lowest BCUT2D eigenvalue weighted by molar-refractivity contribution is -0.124. The summed E-state index contributed by atoms with van der Waals surface area (Å²) in [5.41, 5.74) is 3.57. The monoisotopic (exact) mass is 251 g/mol. The van der Waals surface area contributed by atoms with E-state index in [2.05, 4.69) is 20.6 Å². The number of pyridine rings is 1. The Bertz CT molecular complexity index is 379. The fraction of sp³-hybridized carbons (Fsp3) is 0.500. The van der Waals surface area contributed by atoms with Crippen molar-refractivity contribution in [3.05, 3.63) is 23.9 Å². The molecule has 0 saturated carbocycles. The predicted molar refractivity (Wildman–Crippen MR) is 71.6 cm³/mol. The van der Waals surface area contributed by atoms with Crippen LogP contribution in [0.3, 0.4) is 0 Å². The average Bonchev–Trinajstić information content (AvgIpc) is 2.38. The minimum Gasteiger partial charge on any atom is -0.359 e. The summed E-state index contributed by atoms with van der Waals surface area (Å²) in [6, 6.07) is 3.79. The number of rotatable bonds is 6. The van der Waals surface area contributed by atoms with Gasteiger partial charge in [-0.2, -0.15) is 0 Å². The highest BCUT2D eigenvalue weighted by atomic mass is 16.1. The number of hydrogen-bond donors (Lipinski definition) is 3. The average molecular weight is 251 g/mol. The number of nitrogens with two attached hydrogens (primary N) is 1. The van der Waals surface area contributed by atoms with Gasteiger partial charge in [0.05, 0.1) is 0 Å². The first kappa shape index (κ1) is 14.4. The van der Waals surface area contributed by atoms with Crippen molar-refractivity contribution in [2.75, 3.05) is 26.1 Å². The Morgan fingerprint density at radius 1 is 1.56 bits per heavy atom. The molecular weight excluding hydrogens is 230 g/mol. The van der Waals surface area contributed by atoms with E-state index in [0.717, 1.165) is 12.1 Å². The second-order valence-electron chi connectivity index (χ2n) is 4.41. The van der Waals surface area contributed by atoms with Crippen LogP contribution in [0.4, 0.5) is 5.82 Å². The topological polar surface area (TPSA) is 83.3 Å². The number of carbonyl (C=O) groups excluding carboxylic acids is 1. The van der Waals surface area contributed by atoms with Gasteiger partial charge in [0.25, 0.3) is 0 Å². The Balaban J connectivity index is 2.48. The second-order valence-corrected chi connectivity index (χ2v) is 4.41. The molecule has 0 saturated heterocycles. The Morgan fingerprint density at radius 2 is 2.28 bits per heavy atom. The molecule has 6 heteroatoms. The van der Waals surface area contributed by atoms with Crippen LogP contribution < -0.4 is 16.6 Å². The van der Waals surface area contributed by atoms with Gasteiger partial charge in [0.2, 0.25) is 5.91 Å². The largest absolute Gasteiger partial charge is 0.359 e. The summed E-state index contributed by atoms with van der Waals surface area (Å²) in [7, 11) is 3.63. The fourth-order valence-electron chi connectivity index (χ4n) is 1.78. The molecule has 0 radical (unpaired) electrons. The molecule has 1 aromatic rings. The van der Waals surface area contributed by atoms with Crippen molar-refractivity contribution >= 4 is 11.7 Å². The van der Waals surface area contributed by atoms with Crippen LogP contribution in [-0.2, 0) is 11.3 Å². The molecule has 1 amide bonds. The van der Waals surface area contributed by atoms with Crippen molar-refractivity contribution in [2.45, 2.75) is 13.5 Å². The molecule has 1 aromatic heterocycles. The van der Waals surface area contributed by atoms with Crippen molar-refractivity contribution < 1.29 is 4.79 Å². The molecule has 1 unspecified atom stereocenters. The van der Waals surface area contributed by atoms with E-state index in [1.807, 2.05) is 26.1 Å². The molecule has 0 aliphatic carbocycles. The van der Waals surface area contributed by atoms with Crippen molar-refractivity contribution in [1.29, 1.82) is 0 Å². The van der Waals surface area contributed by atoms with E-state index in [4.69, 9.17) is 5.84 Å². The SMILES string of the molecule is CNC(=O)C(C)CN(C)Cc1ccc(NN)nc1. The van der Waals surface area contributed by atoms with Crippen LogP contribution in [-0.4, -0.2) is 36.4 Å². The van der Waals surface area contributed by atoms with Gasteiger partial charge in [-0.15, -0.1) is 0 Å². The Morgan fingerprint density at radius 3 is 2.78 bits per heavy atom. The van der Waals surface area contributed by atoms with Crippen LogP contribution >= 0.6 is 0 Å². The summed E-state index contributed by atoms with van der Waals surface area (Å²) >= 11 is 0. The summed E-state index contributed by atoms with van der Waals surface area (Å²) in [6.45, 7) is 3.37. The van der Waals surface area contributed by atoms with Gasteiger partial charge in [-0.1, -0.05) is 13.0 Å². The van der Waals surface area contributed by atoms with E-state index >= 15 is 0 Å². The van der Waals surface area contributed by atoms with Crippen LogP contribution in [0.2, 0.25) is 0 Å². The number of carbonyl (C=O) groups is 1. The lowest BCUT2D eigenvalue weighted by Crippen LogP contribution is -2.34. The van der Waals surface area contributed by atoms with Crippen LogP contribution in [0.5, 0.6) is 0 Å². The molecule has 0 bridgehead atoms. The first-order valence-corrected chi connectivity index (χ1v) is 5.88. The number of nitrogens with one attached hydrogen (secondary N) is 2. The molecule has 18 heavy (non-hydrogen) atoms. The van der Waals surface area contributed by atoms with E-state index in [-0.39, 0.29) is 11.8 Å². The molecule has 0 fully saturated rings. The Labute approximate surface area is 108 Å². The van der Waals surface area contributed by atoms with Gasteiger partial charge in [0, 0.05) is 32.3 Å². The van der Waals surface area contributed by atoms with Crippen molar-refractivity contribution in [1.82, 2.24) is 15.2 Å². The smallest absolute Gasteiger partial charge is 0.223 e. The molecule has 0 spiro atoms. The highest BCUT2D eigenvalue weighted by Crippen LogP contribution is 2.07. The number of anilines is 1. The second kappa shape index (κ2) is 6.93. The Hall–Kier alpha value is -1.66. The lowest BCUT2D eigenvalue weighted by atomic mass is 10.1. The summed E-state index contributed by atoms with van der Waals surface area (Å²) in [6.07, 6.45) is 1.77. The number of aromatic nitrogens is 1. The van der Waals surface area contributed by atoms with E-state index in [1.165, 1.54) is 0 Å². The zero-order valence-corrected chi connectivity index (χ0v) is 11.1. The molecule has 4 N–H and O–H groups in total. The summed E-state index contributed by atoms with van der Waals surface area (Å²) in [4.78, 5) is 17.6. The van der Waals surface area contributed by atoms with E-state index in [0.29, 0.717) is 12.4 Å². The van der Waals surface area contributed by atoms with Gasteiger partial charge in [-0.25, -0.2) is 10.8 Å². The minimum absolute atomic E-state index is 0.0297. The standard InChI is InChI=1S/C12H21N5O/c1-9(12(18)14-2)7-17(3)8-10-4-5-11(16-13)15-6-10/h4-6,9H,7-8,13H2,1-3H3,(H,14,18)(H,15,16). The molecule has 1 heterocycles. The summed E-state index contributed by atoms with van der Waals surface area (Å²) in [5, 5.41) is 2.65. The summed E-state index contributed by atoms with van der Waals surface area (Å²) < 4.78 is 0. The maximum Gasteiger partial charge on any atom is 0.223 e. The van der Waals surface area contributed by atoms with E-state index in [1.54, 1.807) is 13.2 Å². The van der Waals surface area contributed by atoms with Gasteiger partial charge < -0.3 is 15.6 Å². The molecule has 1 atom stereocenters. The zero-order valence-electron chi connectivity index (χ0n) is 11.1. The van der Waals surface area contributed by atoms with E-state index < -0.39 is 0 Å². The van der Waals surface area contributed by atoms with E-state index in [9.17, 15) is 4.79 Å². The molecule has 0 aliphatic rings. The number of hydrogen-bond acceptors (Lipinski definition) is 5. The zero-order chi connectivity index (χ0) is 13.5. The maximum absolute atomic E-state index is 11.4. The molecule has 0 aliphatic heterocycles. The highest BCUT2D eigenvalue weighted by molar-refractivity contribution is 5.78. The minimum atomic E-state index is -0.0297. The first-order chi connectivity index (χ1) is 8.56. The van der Waals surface area contributed by atoms with Crippen LogP contribution in [0, 0.1) is 5.92 Å². The Kier molecular flexibility index (Phi) is 5.54. The summed E-state index contributed by atoms with van der Waals surface area (Å²) in [5.74, 6) is 5.92. The molecule has 100 valence electrons. The van der Waals surface area contributed by atoms with Gasteiger partial charge in [0.15, 0.2) is 0 Å². The van der Waals surface area contributed by atoms with Crippen LogP contribution in [0.1, 0.15) is 12.5 Å². The highest BCUT2D eigenvalue weighted by Gasteiger charge is 2.13. The molecule has 6 nitrogen and oxygen atoms in total. The molecule has 1 rings (SSSR count). The third kappa shape index (κ3) is 4.31. The quantitative estimate of drug-likeness (QED) is 0.496. The number of nitrogens with zero attached hydrogens (tertiary/aromatic N) is 2. The fourth-order valence-corrected chi connectivity index (χ4v) is 1.78. The lowest BCUT2D eigenvalue weighted by Gasteiger charge is -2.20. The number of hydrazine groups is 1. The van der Waals surface area contributed by atoms with Gasteiger partial charge >= 0.3 is 0 Å². The normalized spacial score (nSPS) is 12.3. The third-order valence-corrected chi connectivity index (χ3v) is 2.70. The van der Waals surface area contributed by atoms with Crippen LogP contribution in [0.25, 0.3) is 0 Å². The number of amides is 1. The van der Waals surface area contributed by atoms with Crippen LogP contribution in [0.15, 0.2) is 18.3 Å². The first-order valence-electron chi connectivity index (χ1n) is 5.88. The van der Waals surface area contributed by atoms with Gasteiger partial charge in [-0.3, -0.25) is 4.79 Å².